The van der Waals surface area contributed by atoms with E-state index in [-0.39, 0.29) is 38.3 Å². The van der Waals surface area contributed by atoms with Gasteiger partial charge in [0.15, 0.2) is 6.29 Å². The van der Waals surface area contributed by atoms with Gasteiger partial charge in [0, 0.05) is 46.7 Å². The van der Waals surface area contributed by atoms with E-state index in [2.05, 4.69) is 41.4 Å². The number of ether oxygens (including phenoxy) is 5. The van der Waals surface area contributed by atoms with Crippen LogP contribution in [0.25, 0.3) is 0 Å². The summed E-state index contributed by atoms with van der Waals surface area (Å²) in [5.74, 6) is -1.24. The Bertz CT molecular complexity index is 871. The number of methoxy groups -OCH3 is 2. The van der Waals surface area contributed by atoms with E-state index >= 15 is 0 Å². The summed E-state index contributed by atoms with van der Waals surface area (Å²) in [6.45, 7) is 5.12. The predicted molar refractivity (Wildman–Crippen MR) is 187 cm³/mol. The van der Waals surface area contributed by atoms with Gasteiger partial charge < -0.3 is 39.0 Å². The van der Waals surface area contributed by atoms with E-state index < -0.39 is 24.3 Å². The van der Waals surface area contributed by atoms with Crippen molar-refractivity contribution in [2.24, 2.45) is 5.92 Å². The number of hydrogen-bond donors (Lipinski definition) is 2. The largest absolute Gasteiger partial charge is 0.465 e. The summed E-state index contributed by atoms with van der Waals surface area (Å²) in [4.78, 5) is 39.3. The lowest BCUT2D eigenvalue weighted by atomic mass is 10.1. The number of rotatable bonds is 29. The van der Waals surface area contributed by atoms with Gasteiger partial charge in [-0.25, -0.2) is 4.79 Å². The first-order valence-electron chi connectivity index (χ1n) is 18.4. The number of carbonyl (C=O) groups excluding carboxylic acids is 3. The van der Waals surface area contributed by atoms with Crippen LogP contribution in [0.15, 0.2) is 24.3 Å². The molecule has 1 amide bonds. The molecule has 48 heavy (non-hydrogen) atoms. The number of esters is 2. The third-order valence-electron chi connectivity index (χ3n) is 8.33. The Balaban J connectivity index is 2.29. The number of nitrogens with zero attached hydrogens (tertiary/aromatic N) is 1. The third kappa shape index (κ3) is 25.5. The number of carbonyl (C=O) groups is 3. The molecule has 11 nitrogen and oxygen atoms in total. The molecule has 1 aliphatic heterocycles. The molecule has 0 bridgehead atoms. The Labute approximate surface area is 290 Å². The lowest BCUT2D eigenvalue weighted by molar-refractivity contribution is -0.153. The highest BCUT2D eigenvalue weighted by Crippen LogP contribution is 2.12. The first-order chi connectivity index (χ1) is 23.4. The molecule has 0 aromatic heterocycles. The maximum Gasteiger partial charge on any atom is 0.407 e. The number of piperidine rings is 1. The number of amides is 1. The van der Waals surface area contributed by atoms with E-state index in [9.17, 15) is 19.5 Å². The van der Waals surface area contributed by atoms with Crippen molar-refractivity contribution in [1.29, 1.82) is 0 Å². The summed E-state index contributed by atoms with van der Waals surface area (Å²) >= 11 is 0. The Morgan fingerprint density at radius 3 is 2.00 bits per heavy atom. The van der Waals surface area contributed by atoms with Crippen LogP contribution in [0, 0.1) is 5.92 Å². The maximum atomic E-state index is 12.4. The maximum absolute atomic E-state index is 12.4. The van der Waals surface area contributed by atoms with Crippen molar-refractivity contribution in [3.05, 3.63) is 24.3 Å². The van der Waals surface area contributed by atoms with Crippen molar-refractivity contribution < 1.29 is 43.2 Å². The topological polar surface area (TPSA) is 133 Å². The Morgan fingerprint density at radius 2 is 1.35 bits per heavy atom. The quantitative estimate of drug-likeness (QED) is 0.0297. The zero-order valence-electron chi connectivity index (χ0n) is 30.2. The van der Waals surface area contributed by atoms with Crippen molar-refractivity contribution in [1.82, 2.24) is 10.2 Å². The van der Waals surface area contributed by atoms with E-state index in [1.807, 2.05) is 0 Å². The number of aliphatic hydroxyl groups excluding tert-OH is 1. The molecule has 0 aromatic rings. The van der Waals surface area contributed by atoms with Crippen molar-refractivity contribution in [2.45, 2.75) is 128 Å². The Kier molecular flexibility index (Phi) is 27.7. The monoisotopic (exact) mass is 682 g/mol. The van der Waals surface area contributed by atoms with Crippen LogP contribution in [-0.4, -0.2) is 101 Å². The molecule has 2 N–H and O–H groups in total. The zero-order valence-corrected chi connectivity index (χ0v) is 30.2. The fourth-order valence-electron chi connectivity index (χ4n) is 5.24. The zero-order chi connectivity index (χ0) is 35.1. The molecule has 1 saturated heterocycles. The molecule has 1 aliphatic rings. The first kappa shape index (κ1) is 43.6. The van der Waals surface area contributed by atoms with E-state index in [0.29, 0.717) is 19.4 Å². The van der Waals surface area contributed by atoms with Gasteiger partial charge in [0.2, 0.25) is 0 Å². The number of likely N-dealkylation sites (tertiary alicyclic amines) is 1. The molecule has 278 valence electrons. The van der Waals surface area contributed by atoms with Gasteiger partial charge in [-0.1, -0.05) is 63.3 Å². The first-order valence-corrected chi connectivity index (χ1v) is 18.4. The number of alkyl carbamates (subject to hydrolysis) is 1. The highest BCUT2D eigenvalue weighted by molar-refractivity contribution is 5.70. The van der Waals surface area contributed by atoms with Crippen LogP contribution < -0.4 is 5.32 Å². The molecule has 1 rings (SSSR count). The smallest absolute Gasteiger partial charge is 0.407 e. The summed E-state index contributed by atoms with van der Waals surface area (Å²) in [5, 5.41) is 12.4. The molecule has 11 heteroatoms. The Morgan fingerprint density at radius 1 is 0.771 bits per heavy atom. The fraction of sp³-hybridized carbons (Fsp3) is 0.811. The van der Waals surface area contributed by atoms with Crippen molar-refractivity contribution in [2.75, 3.05) is 60.2 Å². The van der Waals surface area contributed by atoms with Crippen LogP contribution in [0.3, 0.4) is 0 Å². The highest BCUT2D eigenvalue weighted by atomic mass is 16.7. The molecule has 0 aromatic carbocycles. The summed E-state index contributed by atoms with van der Waals surface area (Å²) in [7, 11) is 3.00. The van der Waals surface area contributed by atoms with E-state index in [1.165, 1.54) is 39.9 Å². The highest BCUT2D eigenvalue weighted by Gasteiger charge is 2.19. The van der Waals surface area contributed by atoms with Gasteiger partial charge in [0.05, 0.1) is 18.4 Å². The van der Waals surface area contributed by atoms with E-state index in [1.54, 1.807) is 0 Å². The van der Waals surface area contributed by atoms with E-state index in [0.717, 1.165) is 83.8 Å². The molecule has 1 unspecified atom stereocenters. The molecule has 1 heterocycles. The average Bonchev–Trinajstić information content (AvgIpc) is 3.09. The molecule has 0 saturated carbocycles. The van der Waals surface area contributed by atoms with Crippen molar-refractivity contribution >= 4 is 18.0 Å². The summed E-state index contributed by atoms with van der Waals surface area (Å²) in [5.41, 5.74) is 0. The molecule has 1 atom stereocenters. The second-order valence-electron chi connectivity index (χ2n) is 12.6. The average molecular weight is 683 g/mol. The second-order valence-corrected chi connectivity index (χ2v) is 12.6. The minimum atomic E-state index is -0.570. The van der Waals surface area contributed by atoms with Crippen LogP contribution >= 0.6 is 0 Å². The lowest BCUT2D eigenvalue weighted by Gasteiger charge is -2.29. The summed E-state index contributed by atoms with van der Waals surface area (Å²) in [6, 6.07) is 0. The number of unbranched alkanes of at least 4 members (excludes halogenated alkanes) is 8. The standard InChI is InChI=1S/C37H66N2O9/c1-4-5-6-7-8-9-10-11-12-13-14-15-16-17-18-20-34(41)46-29-32(30-47-35(42)21-22-36(44-2)45-3)31-48-37(43)38-25-19-26-39-27-23-33(40)24-28-39/h8-9,11-12,32-33,36,40H,4-7,10,13-31H2,1-3H3,(H,38,43)/b9-8-,12-11-. The van der Waals surface area contributed by atoms with E-state index in [4.69, 9.17) is 23.7 Å². The number of hydrogen-bond acceptors (Lipinski definition) is 10. The van der Waals surface area contributed by atoms with Gasteiger partial charge >= 0.3 is 18.0 Å². The molecule has 1 fully saturated rings. The molecule has 0 spiro atoms. The van der Waals surface area contributed by atoms with Gasteiger partial charge in [0.25, 0.3) is 0 Å². The number of allylic oxidation sites excluding steroid dienone is 4. The minimum Gasteiger partial charge on any atom is -0.465 e. The summed E-state index contributed by atoms with van der Waals surface area (Å²) in [6.07, 6.45) is 23.0. The number of aliphatic hydroxyl groups is 1. The van der Waals surface area contributed by atoms with Gasteiger partial charge in [-0.05, 0) is 64.3 Å². The van der Waals surface area contributed by atoms with Crippen LogP contribution in [0.2, 0.25) is 0 Å². The van der Waals surface area contributed by atoms with Crippen LogP contribution in [0.5, 0.6) is 0 Å². The third-order valence-corrected chi connectivity index (χ3v) is 8.33. The van der Waals surface area contributed by atoms with Crippen molar-refractivity contribution in [3.63, 3.8) is 0 Å². The lowest BCUT2D eigenvalue weighted by Crippen LogP contribution is -2.38. The van der Waals surface area contributed by atoms with Gasteiger partial charge in [-0.3, -0.25) is 9.59 Å². The fourth-order valence-corrected chi connectivity index (χ4v) is 5.24. The molecule has 0 radical (unpaired) electrons. The van der Waals surface area contributed by atoms with Gasteiger partial charge in [0.1, 0.15) is 19.8 Å². The molecular weight excluding hydrogens is 616 g/mol. The van der Waals surface area contributed by atoms with Crippen LogP contribution in [0.4, 0.5) is 4.79 Å². The second kappa shape index (κ2) is 30.6. The predicted octanol–water partition coefficient (Wildman–Crippen LogP) is 6.47. The minimum absolute atomic E-state index is 0.0146. The number of nitrogens with one attached hydrogen (secondary N) is 1. The van der Waals surface area contributed by atoms with Gasteiger partial charge in [-0.2, -0.15) is 0 Å². The Hall–Kier alpha value is -2.47. The molecular formula is C37H66N2O9. The van der Waals surface area contributed by atoms with Crippen molar-refractivity contribution in [3.8, 4) is 0 Å². The molecule has 0 aliphatic carbocycles. The van der Waals surface area contributed by atoms with Gasteiger partial charge in [-0.15, -0.1) is 0 Å². The van der Waals surface area contributed by atoms with Crippen LogP contribution in [0.1, 0.15) is 116 Å². The summed E-state index contributed by atoms with van der Waals surface area (Å²) < 4.78 is 26.4. The SMILES string of the molecule is CCCCC/C=C\C/C=C\CCCCCCCC(=O)OCC(COC(=O)CCC(OC)OC)COC(=O)NCCCN1CCC(O)CC1. The van der Waals surface area contributed by atoms with Crippen LogP contribution in [-0.2, 0) is 33.3 Å². The normalized spacial score (nSPS) is 14.9.